The number of amides is 2. The maximum atomic E-state index is 13.5. The standard InChI is InChI=1S/C21H28FN3O3/c1-2-28-20(27)25-11-3-10-24(12-13-25)16-6-8-21(9-7-16)17-5-4-15(22)14-18(17)23-19(21)26/h4-5,14,16H,2-3,6-13H2,1H3,(H,23,26). The van der Waals surface area contributed by atoms with Crippen molar-refractivity contribution in [2.24, 2.45) is 0 Å². The Morgan fingerprint density at radius 1 is 1.25 bits per heavy atom. The maximum Gasteiger partial charge on any atom is 0.409 e. The van der Waals surface area contributed by atoms with Crippen molar-refractivity contribution in [1.29, 1.82) is 0 Å². The molecule has 2 fully saturated rings. The highest BCUT2D eigenvalue weighted by atomic mass is 19.1. The van der Waals surface area contributed by atoms with Gasteiger partial charge in [-0.05, 0) is 56.7 Å². The molecule has 152 valence electrons. The summed E-state index contributed by atoms with van der Waals surface area (Å²) in [6.45, 7) is 5.44. The van der Waals surface area contributed by atoms with Gasteiger partial charge in [0.25, 0.3) is 0 Å². The fraction of sp³-hybridized carbons (Fsp3) is 0.619. The van der Waals surface area contributed by atoms with E-state index in [1.165, 1.54) is 12.1 Å². The molecule has 7 heteroatoms. The van der Waals surface area contributed by atoms with Crippen LogP contribution in [0.1, 0.15) is 44.6 Å². The van der Waals surface area contributed by atoms with Crippen LogP contribution in [0.3, 0.4) is 0 Å². The molecular formula is C21H28FN3O3. The molecule has 1 aromatic carbocycles. The molecule has 2 heterocycles. The summed E-state index contributed by atoms with van der Waals surface area (Å²) in [6, 6.07) is 5.06. The summed E-state index contributed by atoms with van der Waals surface area (Å²) in [5, 5.41) is 2.88. The lowest BCUT2D eigenvalue weighted by atomic mass is 9.68. The molecule has 1 saturated heterocycles. The minimum absolute atomic E-state index is 0.0101. The Bertz CT molecular complexity index is 761. The molecule has 1 aliphatic carbocycles. The number of rotatable bonds is 2. The van der Waals surface area contributed by atoms with Crippen LogP contribution in [0, 0.1) is 5.82 Å². The monoisotopic (exact) mass is 389 g/mol. The average Bonchev–Trinajstić information content (AvgIpc) is 2.85. The zero-order chi connectivity index (χ0) is 19.7. The smallest absolute Gasteiger partial charge is 0.409 e. The first-order valence-corrected chi connectivity index (χ1v) is 10.3. The summed E-state index contributed by atoms with van der Waals surface area (Å²) >= 11 is 0. The van der Waals surface area contributed by atoms with Gasteiger partial charge in [-0.1, -0.05) is 6.07 Å². The topological polar surface area (TPSA) is 61.9 Å². The van der Waals surface area contributed by atoms with Gasteiger partial charge in [0.1, 0.15) is 5.82 Å². The summed E-state index contributed by atoms with van der Waals surface area (Å²) in [6.07, 6.45) is 4.13. The highest BCUT2D eigenvalue weighted by Crippen LogP contribution is 2.48. The number of anilines is 1. The first-order chi connectivity index (χ1) is 13.5. The molecule has 2 amide bonds. The first kappa shape index (κ1) is 19.2. The zero-order valence-electron chi connectivity index (χ0n) is 16.4. The van der Waals surface area contributed by atoms with Gasteiger partial charge in [-0.2, -0.15) is 0 Å². The normalized spacial score (nSPS) is 28.0. The first-order valence-electron chi connectivity index (χ1n) is 10.3. The molecule has 2 aliphatic heterocycles. The second-order valence-corrected chi connectivity index (χ2v) is 8.03. The number of fused-ring (bicyclic) bond motifs is 2. The Labute approximate surface area is 165 Å². The molecule has 0 bridgehead atoms. The second kappa shape index (κ2) is 7.70. The van der Waals surface area contributed by atoms with Crippen LogP contribution >= 0.6 is 0 Å². The van der Waals surface area contributed by atoms with Gasteiger partial charge in [-0.3, -0.25) is 9.69 Å². The Hall–Kier alpha value is -2.15. The Balaban J connectivity index is 1.40. The number of benzene rings is 1. The molecule has 4 rings (SSSR count). The van der Waals surface area contributed by atoms with Crippen molar-refractivity contribution in [2.45, 2.75) is 50.5 Å². The molecule has 1 aromatic rings. The largest absolute Gasteiger partial charge is 0.450 e. The highest BCUT2D eigenvalue weighted by Gasteiger charge is 2.49. The van der Waals surface area contributed by atoms with E-state index in [9.17, 15) is 14.0 Å². The van der Waals surface area contributed by atoms with Crippen molar-refractivity contribution >= 4 is 17.7 Å². The third-order valence-corrected chi connectivity index (χ3v) is 6.56. The van der Waals surface area contributed by atoms with Gasteiger partial charge >= 0.3 is 6.09 Å². The number of hydrogen-bond acceptors (Lipinski definition) is 4. The van der Waals surface area contributed by atoms with Crippen molar-refractivity contribution < 1.29 is 18.7 Å². The summed E-state index contributed by atoms with van der Waals surface area (Å²) in [7, 11) is 0. The minimum atomic E-state index is -0.512. The lowest BCUT2D eigenvalue weighted by Crippen LogP contribution is -2.46. The second-order valence-electron chi connectivity index (χ2n) is 8.03. The number of ether oxygens (including phenoxy) is 1. The fourth-order valence-corrected chi connectivity index (χ4v) is 5.06. The molecule has 0 unspecified atom stereocenters. The van der Waals surface area contributed by atoms with Gasteiger partial charge in [0.15, 0.2) is 0 Å². The molecule has 3 aliphatic rings. The van der Waals surface area contributed by atoms with Crippen LogP contribution < -0.4 is 5.32 Å². The van der Waals surface area contributed by atoms with Crippen LogP contribution in [0.5, 0.6) is 0 Å². The van der Waals surface area contributed by atoms with E-state index < -0.39 is 5.41 Å². The molecule has 1 spiro atoms. The van der Waals surface area contributed by atoms with E-state index in [4.69, 9.17) is 4.74 Å². The zero-order valence-corrected chi connectivity index (χ0v) is 16.4. The summed E-state index contributed by atoms with van der Waals surface area (Å²) in [4.78, 5) is 29.0. The summed E-state index contributed by atoms with van der Waals surface area (Å²) < 4.78 is 18.7. The molecule has 28 heavy (non-hydrogen) atoms. The van der Waals surface area contributed by atoms with Gasteiger partial charge in [0, 0.05) is 37.9 Å². The van der Waals surface area contributed by atoms with Crippen LogP contribution in [0.15, 0.2) is 18.2 Å². The summed E-state index contributed by atoms with van der Waals surface area (Å²) in [5.41, 5.74) is 1.06. The van der Waals surface area contributed by atoms with Crippen molar-refractivity contribution in [3.8, 4) is 0 Å². The highest BCUT2D eigenvalue weighted by molar-refractivity contribution is 6.06. The fourth-order valence-electron chi connectivity index (χ4n) is 5.06. The lowest BCUT2D eigenvalue weighted by molar-refractivity contribution is -0.122. The van der Waals surface area contributed by atoms with Crippen LogP contribution in [-0.2, 0) is 14.9 Å². The van der Waals surface area contributed by atoms with Crippen LogP contribution in [-0.4, -0.2) is 60.6 Å². The molecule has 1 N–H and O–H groups in total. The third-order valence-electron chi connectivity index (χ3n) is 6.56. The maximum absolute atomic E-state index is 13.5. The third kappa shape index (κ3) is 3.36. The molecule has 1 saturated carbocycles. The molecule has 0 aromatic heterocycles. The van der Waals surface area contributed by atoms with Crippen molar-refractivity contribution in [3.63, 3.8) is 0 Å². The van der Waals surface area contributed by atoms with E-state index in [1.54, 1.807) is 11.0 Å². The predicted molar refractivity (Wildman–Crippen MR) is 104 cm³/mol. The molecule has 0 radical (unpaired) electrons. The number of nitrogens with one attached hydrogen (secondary N) is 1. The number of nitrogens with zero attached hydrogens (tertiary/aromatic N) is 2. The van der Waals surface area contributed by atoms with Gasteiger partial charge < -0.3 is 15.0 Å². The van der Waals surface area contributed by atoms with Crippen molar-refractivity contribution in [3.05, 3.63) is 29.6 Å². The van der Waals surface area contributed by atoms with Crippen LogP contribution in [0.2, 0.25) is 0 Å². The number of halogens is 1. The Morgan fingerprint density at radius 3 is 2.79 bits per heavy atom. The summed E-state index contributed by atoms with van der Waals surface area (Å²) in [5.74, 6) is -0.309. The van der Waals surface area contributed by atoms with Gasteiger partial charge in [0.2, 0.25) is 5.91 Å². The van der Waals surface area contributed by atoms with Gasteiger partial charge in [0.05, 0.1) is 12.0 Å². The van der Waals surface area contributed by atoms with Gasteiger partial charge in [-0.25, -0.2) is 9.18 Å². The lowest BCUT2D eigenvalue weighted by Gasteiger charge is -2.40. The van der Waals surface area contributed by atoms with E-state index in [1.807, 2.05) is 6.92 Å². The number of hydrogen-bond donors (Lipinski definition) is 1. The van der Waals surface area contributed by atoms with E-state index >= 15 is 0 Å². The van der Waals surface area contributed by atoms with E-state index in [0.29, 0.717) is 24.9 Å². The minimum Gasteiger partial charge on any atom is -0.450 e. The number of carbonyl (C=O) groups excluding carboxylic acids is 2. The van der Waals surface area contributed by atoms with Crippen molar-refractivity contribution in [1.82, 2.24) is 9.80 Å². The predicted octanol–water partition coefficient (Wildman–Crippen LogP) is 3.12. The van der Waals surface area contributed by atoms with E-state index in [2.05, 4.69) is 10.2 Å². The van der Waals surface area contributed by atoms with Gasteiger partial charge in [-0.15, -0.1) is 0 Å². The van der Waals surface area contributed by atoms with Crippen molar-refractivity contribution in [2.75, 3.05) is 38.1 Å². The number of carbonyl (C=O) groups is 2. The van der Waals surface area contributed by atoms with Crippen LogP contribution in [0.25, 0.3) is 0 Å². The SMILES string of the molecule is CCOC(=O)N1CCCN(C2CCC3(CC2)C(=O)Nc2cc(F)ccc23)CC1. The Kier molecular flexibility index (Phi) is 5.27. The van der Waals surface area contributed by atoms with E-state index in [-0.39, 0.29) is 17.8 Å². The van der Waals surface area contributed by atoms with E-state index in [0.717, 1.165) is 57.3 Å². The molecular weight excluding hydrogens is 361 g/mol. The average molecular weight is 389 g/mol. The molecule has 0 atom stereocenters. The Morgan fingerprint density at radius 2 is 2.04 bits per heavy atom. The molecule has 6 nitrogen and oxygen atoms in total. The quantitative estimate of drug-likeness (QED) is 0.844. The van der Waals surface area contributed by atoms with Crippen LogP contribution in [0.4, 0.5) is 14.9 Å².